The normalized spacial score (nSPS) is 12.6. The third-order valence-corrected chi connectivity index (χ3v) is 5.42. The van der Waals surface area contributed by atoms with Crippen LogP contribution in [-0.2, 0) is 6.42 Å². The van der Waals surface area contributed by atoms with Crippen LogP contribution in [0.1, 0.15) is 21.1 Å². The minimum Gasteiger partial charge on any atom is -0.271 e. The van der Waals surface area contributed by atoms with Crippen molar-refractivity contribution in [2.45, 2.75) is 38.1 Å². The number of aromatic nitrogens is 1. The zero-order valence-electron chi connectivity index (χ0n) is 12.1. The van der Waals surface area contributed by atoms with Crippen LogP contribution in [0.3, 0.4) is 0 Å². The number of thioether (sulfide) groups is 1. The zero-order chi connectivity index (χ0) is 14.5. The fraction of sp³-hybridized carbons (Fsp3) is 0.400. The van der Waals surface area contributed by atoms with Crippen LogP contribution in [0.5, 0.6) is 0 Å². The smallest absolute Gasteiger partial charge is 0.0947 e. The summed E-state index contributed by atoms with van der Waals surface area (Å²) in [5.41, 5.74) is 5.33. The molecule has 108 valence electrons. The lowest BCUT2D eigenvalue weighted by atomic mass is 10.2. The molecule has 0 saturated heterocycles. The average Bonchev–Trinajstić information content (AvgIpc) is 2.73. The standard InChI is InChI=1S/C15H21N3S2/c1-10-5-4-6-14(7-10)19-9-13(18-16)8-15-17-11(2)12(3)20-15/h4-7,13,18H,8-9,16H2,1-3H3. The SMILES string of the molecule is Cc1cccc(SCC(Cc2nc(C)c(C)s2)NN)c1. The van der Waals surface area contributed by atoms with Gasteiger partial charge in [0.1, 0.15) is 0 Å². The van der Waals surface area contributed by atoms with Gasteiger partial charge in [0.15, 0.2) is 0 Å². The van der Waals surface area contributed by atoms with Crippen molar-refractivity contribution in [1.82, 2.24) is 10.4 Å². The molecule has 0 spiro atoms. The van der Waals surface area contributed by atoms with Crippen molar-refractivity contribution in [3.8, 4) is 0 Å². The summed E-state index contributed by atoms with van der Waals surface area (Å²) in [6.45, 7) is 6.29. The number of aryl methyl sites for hydroxylation is 3. The number of hydrazine groups is 1. The molecule has 0 fully saturated rings. The predicted molar refractivity (Wildman–Crippen MR) is 88.3 cm³/mol. The summed E-state index contributed by atoms with van der Waals surface area (Å²) in [6, 6.07) is 8.80. The molecule has 20 heavy (non-hydrogen) atoms. The van der Waals surface area contributed by atoms with Gasteiger partial charge in [-0.15, -0.1) is 23.1 Å². The Bertz CT molecular complexity index is 546. The maximum Gasteiger partial charge on any atom is 0.0947 e. The molecule has 0 radical (unpaired) electrons. The van der Waals surface area contributed by atoms with Crippen LogP contribution in [0.2, 0.25) is 0 Å². The highest BCUT2D eigenvalue weighted by atomic mass is 32.2. The van der Waals surface area contributed by atoms with Crippen molar-refractivity contribution in [2.24, 2.45) is 5.84 Å². The number of nitrogens with one attached hydrogen (secondary N) is 1. The maximum absolute atomic E-state index is 5.67. The summed E-state index contributed by atoms with van der Waals surface area (Å²) in [4.78, 5) is 7.16. The lowest BCUT2D eigenvalue weighted by Gasteiger charge is -2.14. The van der Waals surface area contributed by atoms with Gasteiger partial charge in [0.25, 0.3) is 0 Å². The summed E-state index contributed by atoms with van der Waals surface area (Å²) >= 11 is 3.60. The molecular weight excluding hydrogens is 286 g/mol. The van der Waals surface area contributed by atoms with E-state index < -0.39 is 0 Å². The Kier molecular flexibility index (Phi) is 5.60. The first kappa shape index (κ1) is 15.5. The number of hydrogen-bond donors (Lipinski definition) is 2. The van der Waals surface area contributed by atoms with Gasteiger partial charge in [0, 0.05) is 28.0 Å². The molecule has 2 rings (SSSR count). The van der Waals surface area contributed by atoms with Crippen LogP contribution < -0.4 is 11.3 Å². The highest BCUT2D eigenvalue weighted by molar-refractivity contribution is 7.99. The van der Waals surface area contributed by atoms with Crippen LogP contribution in [0.4, 0.5) is 0 Å². The molecule has 0 aliphatic carbocycles. The first-order valence-electron chi connectivity index (χ1n) is 6.67. The molecule has 1 aromatic heterocycles. The third-order valence-electron chi connectivity index (χ3n) is 3.17. The highest BCUT2D eigenvalue weighted by Crippen LogP contribution is 2.22. The fourth-order valence-electron chi connectivity index (χ4n) is 1.91. The molecule has 0 saturated carbocycles. The second-order valence-electron chi connectivity index (χ2n) is 4.94. The van der Waals surface area contributed by atoms with Gasteiger partial charge in [-0.05, 0) is 32.9 Å². The van der Waals surface area contributed by atoms with E-state index in [9.17, 15) is 0 Å². The molecular formula is C15H21N3S2. The van der Waals surface area contributed by atoms with Gasteiger partial charge < -0.3 is 0 Å². The minimum atomic E-state index is 0.241. The zero-order valence-corrected chi connectivity index (χ0v) is 13.8. The number of nitrogens with zero attached hydrogens (tertiary/aromatic N) is 1. The Hall–Kier alpha value is -0.880. The Morgan fingerprint density at radius 1 is 1.35 bits per heavy atom. The monoisotopic (exact) mass is 307 g/mol. The third kappa shape index (κ3) is 4.31. The summed E-state index contributed by atoms with van der Waals surface area (Å²) in [7, 11) is 0. The first-order chi connectivity index (χ1) is 9.58. The van der Waals surface area contributed by atoms with Gasteiger partial charge in [-0.1, -0.05) is 17.7 Å². The van der Waals surface area contributed by atoms with Crippen molar-refractivity contribution in [1.29, 1.82) is 0 Å². The summed E-state index contributed by atoms with van der Waals surface area (Å²) in [6.07, 6.45) is 0.884. The van der Waals surface area contributed by atoms with Crippen molar-refractivity contribution >= 4 is 23.1 Å². The number of benzene rings is 1. The van der Waals surface area contributed by atoms with E-state index in [4.69, 9.17) is 5.84 Å². The average molecular weight is 307 g/mol. The molecule has 0 aliphatic rings. The Labute approximate surface area is 129 Å². The van der Waals surface area contributed by atoms with Crippen molar-refractivity contribution in [3.05, 3.63) is 45.4 Å². The van der Waals surface area contributed by atoms with Gasteiger partial charge in [-0.3, -0.25) is 11.3 Å². The van der Waals surface area contributed by atoms with Crippen LogP contribution in [0, 0.1) is 20.8 Å². The molecule has 1 atom stereocenters. The van der Waals surface area contributed by atoms with Crippen LogP contribution >= 0.6 is 23.1 Å². The van der Waals surface area contributed by atoms with Gasteiger partial charge in [-0.25, -0.2) is 4.98 Å². The molecule has 3 nitrogen and oxygen atoms in total. The number of hydrogen-bond acceptors (Lipinski definition) is 5. The topological polar surface area (TPSA) is 50.9 Å². The van der Waals surface area contributed by atoms with Crippen molar-refractivity contribution in [2.75, 3.05) is 5.75 Å². The molecule has 3 N–H and O–H groups in total. The predicted octanol–water partition coefficient (Wildman–Crippen LogP) is 3.24. The van der Waals surface area contributed by atoms with E-state index in [2.05, 4.69) is 55.4 Å². The lowest BCUT2D eigenvalue weighted by molar-refractivity contribution is 0.574. The Morgan fingerprint density at radius 2 is 2.15 bits per heavy atom. The van der Waals surface area contributed by atoms with Crippen molar-refractivity contribution < 1.29 is 0 Å². The van der Waals surface area contributed by atoms with E-state index in [0.717, 1.165) is 22.9 Å². The number of nitrogens with two attached hydrogens (primary N) is 1. The second kappa shape index (κ2) is 7.22. The minimum absolute atomic E-state index is 0.241. The number of rotatable bonds is 6. The van der Waals surface area contributed by atoms with E-state index >= 15 is 0 Å². The molecule has 1 aromatic carbocycles. The molecule has 1 heterocycles. The number of thiazole rings is 1. The van der Waals surface area contributed by atoms with E-state index in [1.807, 2.05) is 11.8 Å². The molecule has 0 aliphatic heterocycles. The molecule has 1 unspecified atom stereocenters. The largest absolute Gasteiger partial charge is 0.271 e. The van der Waals surface area contributed by atoms with Gasteiger partial charge in [0.05, 0.1) is 10.7 Å². The van der Waals surface area contributed by atoms with Gasteiger partial charge >= 0.3 is 0 Å². The van der Waals surface area contributed by atoms with Gasteiger partial charge in [0.2, 0.25) is 0 Å². The summed E-state index contributed by atoms with van der Waals surface area (Å²) in [5.74, 6) is 6.62. The molecule has 0 bridgehead atoms. The van der Waals surface area contributed by atoms with E-state index in [1.165, 1.54) is 15.3 Å². The Morgan fingerprint density at radius 3 is 2.75 bits per heavy atom. The van der Waals surface area contributed by atoms with Gasteiger partial charge in [-0.2, -0.15) is 0 Å². The Balaban J connectivity index is 1.92. The van der Waals surface area contributed by atoms with E-state index in [0.29, 0.717) is 0 Å². The fourth-order valence-corrected chi connectivity index (χ4v) is 3.97. The molecule has 5 heteroatoms. The quantitative estimate of drug-likeness (QED) is 0.489. The van der Waals surface area contributed by atoms with Crippen LogP contribution in [-0.4, -0.2) is 16.8 Å². The lowest BCUT2D eigenvalue weighted by Crippen LogP contribution is -2.38. The van der Waals surface area contributed by atoms with E-state index in [-0.39, 0.29) is 6.04 Å². The highest BCUT2D eigenvalue weighted by Gasteiger charge is 2.12. The summed E-state index contributed by atoms with van der Waals surface area (Å²) in [5, 5.41) is 1.16. The second-order valence-corrected chi connectivity index (χ2v) is 7.33. The van der Waals surface area contributed by atoms with E-state index in [1.54, 1.807) is 11.3 Å². The maximum atomic E-state index is 5.67. The summed E-state index contributed by atoms with van der Waals surface area (Å²) < 4.78 is 0. The van der Waals surface area contributed by atoms with Crippen LogP contribution in [0.15, 0.2) is 29.2 Å². The molecule has 0 amide bonds. The molecule has 2 aromatic rings. The first-order valence-corrected chi connectivity index (χ1v) is 8.47. The van der Waals surface area contributed by atoms with Crippen LogP contribution in [0.25, 0.3) is 0 Å². The van der Waals surface area contributed by atoms with Crippen molar-refractivity contribution in [3.63, 3.8) is 0 Å².